The molecule has 106 valence electrons. The molecular weight excluding hydrogens is 258 g/mol. The van der Waals surface area contributed by atoms with Crippen LogP contribution in [-0.2, 0) is 15.1 Å². The lowest BCUT2D eigenvalue weighted by atomic mass is 9.95. The summed E-state index contributed by atoms with van der Waals surface area (Å²) in [5.41, 5.74) is -2.40. The Labute approximate surface area is 109 Å². The van der Waals surface area contributed by atoms with E-state index in [9.17, 15) is 23.8 Å². The minimum Gasteiger partial charge on any atom is -0.462 e. The number of carbonyl (C=O) groups is 1. The Morgan fingerprint density at radius 1 is 1.42 bits per heavy atom. The summed E-state index contributed by atoms with van der Waals surface area (Å²) in [4.78, 5) is 11.2. The smallest absolute Gasteiger partial charge is 0.305 e. The van der Waals surface area contributed by atoms with Crippen molar-refractivity contribution in [2.75, 3.05) is 13.2 Å². The van der Waals surface area contributed by atoms with Gasteiger partial charge in [-0.3, -0.25) is 4.79 Å². The summed E-state index contributed by atoms with van der Waals surface area (Å²) in [6.07, 6.45) is 0.731. The highest BCUT2D eigenvalue weighted by atomic mass is 19.1. The summed E-state index contributed by atoms with van der Waals surface area (Å²) in [6.45, 7) is 0.332. The van der Waals surface area contributed by atoms with Gasteiger partial charge in [0.15, 0.2) is 0 Å². The van der Waals surface area contributed by atoms with E-state index in [2.05, 4.69) is 0 Å². The first-order valence-electron chi connectivity index (χ1n) is 5.87. The lowest BCUT2D eigenvalue weighted by molar-refractivity contribution is -0.155. The fraction of sp³-hybridized carbons (Fsp3) is 0.462. The maximum atomic E-state index is 13.6. The Kier molecular flexibility index (Phi) is 5.38. The number of carbonyl (C=O) groups excluding carboxylic acids is 1. The molecule has 0 radical (unpaired) electrons. The van der Waals surface area contributed by atoms with E-state index in [1.54, 1.807) is 6.92 Å². The quantitative estimate of drug-likeness (QED) is 0.771. The number of rotatable bonds is 6. The van der Waals surface area contributed by atoms with Crippen molar-refractivity contribution in [1.29, 1.82) is 0 Å². The van der Waals surface area contributed by atoms with Gasteiger partial charge in [0, 0.05) is 18.1 Å². The number of hydrogen-bond donors (Lipinski definition) is 2. The molecule has 1 atom stereocenters. The van der Waals surface area contributed by atoms with Gasteiger partial charge in [0.2, 0.25) is 0 Å². The van der Waals surface area contributed by atoms with Gasteiger partial charge in [0.25, 0.3) is 0 Å². The molecule has 1 rings (SSSR count). The van der Waals surface area contributed by atoms with Crippen molar-refractivity contribution in [3.63, 3.8) is 0 Å². The average molecular weight is 274 g/mol. The molecule has 6 heteroatoms. The van der Waals surface area contributed by atoms with Crippen LogP contribution < -0.4 is 0 Å². The van der Waals surface area contributed by atoms with E-state index in [0.717, 1.165) is 12.1 Å². The van der Waals surface area contributed by atoms with E-state index in [4.69, 9.17) is 4.74 Å². The molecule has 0 aliphatic rings. The van der Waals surface area contributed by atoms with Gasteiger partial charge >= 0.3 is 5.97 Å². The van der Waals surface area contributed by atoms with Crippen LogP contribution in [0.1, 0.15) is 25.3 Å². The molecule has 0 spiro atoms. The maximum absolute atomic E-state index is 13.6. The van der Waals surface area contributed by atoms with E-state index in [1.807, 2.05) is 0 Å². The molecule has 0 unspecified atom stereocenters. The van der Waals surface area contributed by atoms with Gasteiger partial charge in [-0.15, -0.1) is 0 Å². The second kappa shape index (κ2) is 6.58. The van der Waals surface area contributed by atoms with Crippen molar-refractivity contribution in [1.82, 2.24) is 0 Å². The van der Waals surface area contributed by atoms with Crippen molar-refractivity contribution in [3.8, 4) is 0 Å². The molecular formula is C13H16F2O4. The lowest BCUT2D eigenvalue weighted by Gasteiger charge is -2.26. The molecule has 0 aliphatic heterocycles. The number of aliphatic hydroxyl groups excluding tert-OH is 1. The normalized spacial score (nSPS) is 13.9. The monoisotopic (exact) mass is 274 g/mol. The van der Waals surface area contributed by atoms with Crippen LogP contribution >= 0.6 is 0 Å². The SMILES string of the molecule is CCCC(=O)OC[C@](O)(CO)c1ccc(F)cc1F. The van der Waals surface area contributed by atoms with E-state index in [-0.39, 0.29) is 12.0 Å². The summed E-state index contributed by atoms with van der Waals surface area (Å²) in [5, 5.41) is 19.3. The summed E-state index contributed by atoms with van der Waals surface area (Å²) < 4.78 is 31.1. The molecule has 0 amide bonds. The number of aliphatic hydroxyl groups is 2. The van der Waals surface area contributed by atoms with Crippen molar-refractivity contribution >= 4 is 5.97 Å². The Morgan fingerprint density at radius 2 is 2.11 bits per heavy atom. The Bertz CT molecular complexity index is 450. The standard InChI is InChI=1S/C13H16F2O4/c1-2-3-12(17)19-8-13(18,7-16)10-5-4-9(14)6-11(10)15/h4-6,16,18H,2-3,7-8H2,1H3/t13-/m1/s1. The predicted octanol–water partition coefficient (Wildman–Crippen LogP) is 1.49. The van der Waals surface area contributed by atoms with E-state index in [0.29, 0.717) is 12.5 Å². The fourth-order valence-corrected chi connectivity index (χ4v) is 1.55. The predicted molar refractivity (Wildman–Crippen MR) is 63.2 cm³/mol. The minimum atomic E-state index is -2.08. The zero-order chi connectivity index (χ0) is 14.5. The molecule has 19 heavy (non-hydrogen) atoms. The van der Waals surface area contributed by atoms with Crippen LogP contribution in [-0.4, -0.2) is 29.4 Å². The second-order valence-corrected chi connectivity index (χ2v) is 4.22. The van der Waals surface area contributed by atoms with Crippen LogP contribution in [0, 0.1) is 11.6 Å². The van der Waals surface area contributed by atoms with E-state index < -0.39 is 36.4 Å². The molecule has 0 bridgehead atoms. The highest BCUT2D eigenvalue weighted by molar-refractivity contribution is 5.69. The number of halogens is 2. The van der Waals surface area contributed by atoms with Crippen molar-refractivity contribution in [2.45, 2.75) is 25.4 Å². The van der Waals surface area contributed by atoms with Crippen molar-refractivity contribution in [2.24, 2.45) is 0 Å². The first-order valence-corrected chi connectivity index (χ1v) is 5.87. The first kappa shape index (κ1) is 15.5. The molecule has 1 aromatic rings. The van der Waals surface area contributed by atoms with Gasteiger partial charge < -0.3 is 14.9 Å². The molecule has 0 fully saturated rings. The highest BCUT2D eigenvalue weighted by Gasteiger charge is 2.33. The molecule has 4 nitrogen and oxygen atoms in total. The number of hydrogen-bond acceptors (Lipinski definition) is 4. The van der Waals surface area contributed by atoms with Crippen LogP contribution in [0.15, 0.2) is 18.2 Å². The molecule has 0 saturated carbocycles. The molecule has 0 aliphatic carbocycles. The van der Waals surface area contributed by atoms with Gasteiger partial charge in [-0.25, -0.2) is 8.78 Å². The van der Waals surface area contributed by atoms with Crippen molar-refractivity contribution < 1.29 is 28.5 Å². The Balaban J connectivity index is 2.87. The van der Waals surface area contributed by atoms with Gasteiger partial charge in [-0.1, -0.05) is 13.0 Å². The van der Waals surface area contributed by atoms with Crippen LogP contribution in [0.5, 0.6) is 0 Å². The van der Waals surface area contributed by atoms with Gasteiger partial charge in [0.05, 0.1) is 6.61 Å². The van der Waals surface area contributed by atoms with E-state index >= 15 is 0 Å². The highest BCUT2D eigenvalue weighted by Crippen LogP contribution is 2.25. The van der Waals surface area contributed by atoms with Crippen molar-refractivity contribution in [3.05, 3.63) is 35.4 Å². The van der Waals surface area contributed by atoms with Gasteiger partial charge in [-0.05, 0) is 12.5 Å². The third-order valence-electron chi connectivity index (χ3n) is 2.62. The molecule has 0 heterocycles. The maximum Gasteiger partial charge on any atom is 0.305 e. The minimum absolute atomic E-state index is 0.160. The van der Waals surface area contributed by atoms with Crippen LogP contribution in [0.4, 0.5) is 8.78 Å². The first-order chi connectivity index (χ1) is 8.92. The molecule has 1 aromatic carbocycles. The zero-order valence-electron chi connectivity index (χ0n) is 10.5. The molecule has 0 saturated heterocycles. The summed E-state index contributed by atoms with van der Waals surface area (Å²) >= 11 is 0. The number of benzene rings is 1. The van der Waals surface area contributed by atoms with Gasteiger partial charge in [-0.2, -0.15) is 0 Å². The Morgan fingerprint density at radius 3 is 2.63 bits per heavy atom. The lowest BCUT2D eigenvalue weighted by Crippen LogP contribution is -2.37. The van der Waals surface area contributed by atoms with Crippen LogP contribution in [0.25, 0.3) is 0 Å². The average Bonchev–Trinajstić information content (AvgIpc) is 2.36. The molecule has 0 aromatic heterocycles. The second-order valence-electron chi connectivity index (χ2n) is 4.22. The largest absolute Gasteiger partial charge is 0.462 e. The zero-order valence-corrected chi connectivity index (χ0v) is 10.5. The molecule has 2 N–H and O–H groups in total. The number of esters is 1. The summed E-state index contributed by atoms with van der Waals surface area (Å²) in [7, 11) is 0. The fourth-order valence-electron chi connectivity index (χ4n) is 1.55. The van der Waals surface area contributed by atoms with E-state index in [1.165, 1.54) is 0 Å². The number of ether oxygens (including phenoxy) is 1. The van der Waals surface area contributed by atoms with Crippen LogP contribution in [0.3, 0.4) is 0 Å². The van der Waals surface area contributed by atoms with Gasteiger partial charge in [0.1, 0.15) is 23.8 Å². The van der Waals surface area contributed by atoms with Crippen LogP contribution in [0.2, 0.25) is 0 Å². The Hall–Kier alpha value is -1.53. The summed E-state index contributed by atoms with van der Waals surface area (Å²) in [6, 6.07) is 2.55. The third-order valence-corrected chi connectivity index (χ3v) is 2.62. The summed E-state index contributed by atoms with van der Waals surface area (Å²) in [5.74, 6) is -2.37. The third kappa shape index (κ3) is 3.97. The topological polar surface area (TPSA) is 66.8 Å².